The number of benzene rings is 2. The van der Waals surface area contributed by atoms with Gasteiger partial charge in [-0.05, 0) is 24.1 Å². The van der Waals surface area contributed by atoms with Crippen LogP contribution < -0.4 is 19.5 Å². The van der Waals surface area contributed by atoms with Gasteiger partial charge < -0.3 is 19.5 Å². The molecule has 1 atom stereocenters. The molecule has 1 aliphatic rings. The molecule has 5 nitrogen and oxygen atoms in total. The number of nitrogens with one attached hydrogen (secondary N) is 1. The standard InChI is InChI=1S/C19H22N2O3/c1-22-16-10-13(11-17(23-2)18(16)24-3)9-15-12-20-19(21-15)14-7-5-4-6-8-14/h4-8,10-11,15H,9,12H2,1-3H3,(H,20,21). The van der Waals surface area contributed by atoms with Gasteiger partial charge in [-0.25, -0.2) is 0 Å². The van der Waals surface area contributed by atoms with E-state index in [0.29, 0.717) is 17.2 Å². The zero-order valence-electron chi connectivity index (χ0n) is 14.2. The van der Waals surface area contributed by atoms with E-state index in [9.17, 15) is 0 Å². The third-order valence-electron chi connectivity index (χ3n) is 4.06. The molecule has 0 spiro atoms. The van der Waals surface area contributed by atoms with Gasteiger partial charge in [0.25, 0.3) is 0 Å². The summed E-state index contributed by atoms with van der Waals surface area (Å²) in [5, 5.41) is 3.50. The van der Waals surface area contributed by atoms with Crippen molar-refractivity contribution in [2.24, 2.45) is 4.99 Å². The van der Waals surface area contributed by atoms with Gasteiger partial charge in [-0.2, -0.15) is 0 Å². The first-order valence-corrected chi connectivity index (χ1v) is 7.90. The molecular formula is C19H22N2O3. The molecule has 1 unspecified atom stereocenters. The maximum Gasteiger partial charge on any atom is 0.203 e. The lowest BCUT2D eigenvalue weighted by Gasteiger charge is -2.16. The van der Waals surface area contributed by atoms with Crippen LogP contribution in [-0.2, 0) is 6.42 Å². The summed E-state index contributed by atoms with van der Waals surface area (Å²) in [5.74, 6) is 2.92. The van der Waals surface area contributed by atoms with Crippen LogP contribution in [0.2, 0.25) is 0 Å². The molecule has 0 saturated carbocycles. The highest BCUT2D eigenvalue weighted by molar-refractivity contribution is 6.00. The van der Waals surface area contributed by atoms with Gasteiger partial charge in [0.2, 0.25) is 5.75 Å². The van der Waals surface area contributed by atoms with E-state index >= 15 is 0 Å². The van der Waals surface area contributed by atoms with Crippen LogP contribution in [0.1, 0.15) is 11.1 Å². The average Bonchev–Trinajstić information content (AvgIpc) is 3.10. The highest BCUT2D eigenvalue weighted by Gasteiger charge is 2.21. The molecule has 0 radical (unpaired) electrons. The van der Waals surface area contributed by atoms with Gasteiger partial charge in [-0.1, -0.05) is 30.3 Å². The molecule has 3 rings (SSSR count). The van der Waals surface area contributed by atoms with Gasteiger partial charge in [-0.15, -0.1) is 0 Å². The molecule has 1 heterocycles. The lowest BCUT2D eigenvalue weighted by Crippen LogP contribution is -2.32. The van der Waals surface area contributed by atoms with E-state index in [1.165, 1.54) is 0 Å². The minimum absolute atomic E-state index is 0.253. The number of hydrogen-bond donors (Lipinski definition) is 1. The Morgan fingerprint density at radius 1 is 1.00 bits per heavy atom. The second-order valence-electron chi connectivity index (χ2n) is 5.63. The van der Waals surface area contributed by atoms with Gasteiger partial charge >= 0.3 is 0 Å². The van der Waals surface area contributed by atoms with E-state index < -0.39 is 0 Å². The topological polar surface area (TPSA) is 52.1 Å². The fourth-order valence-electron chi connectivity index (χ4n) is 2.91. The molecule has 0 bridgehead atoms. The second kappa shape index (κ2) is 7.25. The van der Waals surface area contributed by atoms with Crippen LogP contribution in [0, 0.1) is 0 Å². The maximum absolute atomic E-state index is 5.42. The molecule has 0 fully saturated rings. The van der Waals surface area contributed by atoms with Gasteiger partial charge in [0, 0.05) is 5.56 Å². The van der Waals surface area contributed by atoms with Crippen molar-refractivity contribution in [3.8, 4) is 17.2 Å². The van der Waals surface area contributed by atoms with E-state index in [-0.39, 0.29) is 6.04 Å². The van der Waals surface area contributed by atoms with Crippen molar-refractivity contribution in [1.29, 1.82) is 0 Å². The highest BCUT2D eigenvalue weighted by Crippen LogP contribution is 2.38. The van der Waals surface area contributed by atoms with Crippen molar-refractivity contribution in [1.82, 2.24) is 5.32 Å². The zero-order chi connectivity index (χ0) is 16.9. The maximum atomic E-state index is 5.42. The van der Waals surface area contributed by atoms with E-state index in [4.69, 9.17) is 14.2 Å². The molecule has 24 heavy (non-hydrogen) atoms. The Bertz CT molecular complexity index is 704. The van der Waals surface area contributed by atoms with Crippen molar-refractivity contribution < 1.29 is 14.2 Å². The minimum Gasteiger partial charge on any atom is -0.493 e. The van der Waals surface area contributed by atoms with Gasteiger partial charge in [0.05, 0.1) is 33.9 Å². The molecule has 5 heteroatoms. The lowest BCUT2D eigenvalue weighted by atomic mass is 10.0. The Morgan fingerprint density at radius 2 is 1.67 bits per heavy atom. The first-order chi connectivity index (χ1) is 11.7. The van der Waals surface area contributed by atoms with E-state index in [1.807, 2.05) is 30.3 Å². The molecule has 2 aromatic carbocycles. The molecular weight excluding hydrogens is 304 g/mol. The summed E-state index contributed by atoms with van der Waals surface area (Å²) in [6, 6.07) is 14.4. The molecule has 0 aliphatic carbocycles. The second-order valence-corrected chi connectivity index (χ2v) is 5.63. The number of methoxy groups -OCH3 is 3. The van der Waals surface area contributed by atoms with Crippen LogP contribution in [0.25, 0.3) is 0 Å². The first-order valence-electron chi connectivity index (χ1n) is 7.90. The van der Waals surface area contributed by atoms with Crippen LogP contribution in [-0.4, -0.2) is 39.8 Å². The number of hydrogen-bond acceptors (Lipinski definition) is 5. The van der Waals surface area contributed by atoms with Crippen molar-refractivity contribution in [3.05, 3.63) is 53.6 Å². The normalized spacial score (nSPS) is 16.3. The van der Waals surface area contributed by atoms with Crippen LogP contribution in [0.5, 0.6) is 17.2 Å². The third kappa shape index (κ3) is 3.30. The number of aliphatic imine (C=N–C) groups is 1. The monoisotopic (exact) mass is 326 g/mol. The first kappa shape index (κ1) is 16.2. The number of nitrogens with zero attached hydrogens (tertiary/aromatic N) is 1. The molecule has 1 aliphatic heterocycles. The van der Waals surface area contributed by atoms with E-state index in [0.717, 1.165) is 29.9 Å². The van der Waals surface area contributed by atoms with Gasteiger partial charge in [0.1, 0.15) is 5.84 Å². The molecule has 126 valence electrons. The molecule has 1 N–H and O–H groups in total. The van der Waals surface area contributed by atoms with Crippen molar-refractivity contribution in [3.63, 3.8) is 0 Å². The SMILES string of the molecule is COc1cc(CC2CN=C(c3ccccc3)N2)cc(OC)c1OC. The third-order valence-corrected chi connectivity index (χ3v) is 4.06. The predicted molar refractivity (Wildman–Crippen MR) is 94.6 cm³/mol. The Labute approximate surface area is 142 Å². The summed E-state index contributed by atoms with van der Waals surface area (Å²) >= 11 is 0. The van der Waals surface area contributed by atoms with Crippen molar-refractivity contribution in [2.75, 3.05) is 27.9 Å². The molecule has 0 saturated heterocycles. The molecule has 2 aromatic rings. The van der Waals surface area contributed by atoms with E-state index in [1.54, 1.807) is 21.3 Å². The average molecular weight is 326 g/mol. The Morgan fingerprint density at radius 3 is 2.25 bits per heavy atom. The fraction of sp³-hybridized carbons (Fsp3) is 0.316. The molecule has 0 aromatic heterocycles. The van der Waals surface area contributed by atoms with E-state index in [2.05, 4.69) is 22.4 Å². The summed E-state index contributed by atoms with van der Waals surface area (Å²) in [4.78, 5) is 4.62. The van der Waals surface area contributed by atoms with Crippen LogP contribution in [0.3, 0.4) is 0 Å². The lowest BCUT2D eigenvalue weighted by molar-refractivity contribution is 0.323. The number of ether oxygens (including phenoxy) is 3. The number of rotatable bonds is 6. The van der Waals surface area contributed by atoms with Crippen molar-refractivity contribution >= 4 is 5.84 Å². The fourth-order valence-corrected chi connectivity index (χ4v) is 2.91. The summed E-state index contributed by atoms with van der Waals surface area (Å²) in [5.41, 5.74) is 2.23. The Hall–Kier alpha value is -2.69. The van der Waals surface area contributed by atoms with Gasteiger partial charge in [0.15, 0.2) is 11.5 Å². The molecule has 0 amide bonds. The predicted octanol–water partition coefficient (Wildman–Crippen LogP) is 2.67. The smallest absolute Gasteiger partial charge is 0.203 e. The van der Waals surface area contributed by atoms with Crippen LogP contribution >= 0.6 is 0 Å². The highest BCUT2D eigenvalue weighted by atomic mass is 16.5. The Balaban J connectivity index is 1.74. The Kier molecular flexibility index (Phi) is 4.89. The zero-order valence-corrected chi connectivity index (χ0v) is 14.2. The largest absolute Gasteiger partial charge is 0.493 e. The van der Waals surface area contributed by atoms with Gasteiger partial charge in [-0.3, -0.25) is 4.99 Å². The summed E-state index contributed by atoms with van der Waals surface area (Å²) in [6.07, 6.45) is 0.830. The quantitative estimate of drug-likeness (QED) is 0.887. The minimum atomic E-state index is 0.253. The number of amidine groups is 1. The van der Waals surface area contributed by atoms with Crippen LogP contribution in [0.4, 0.5) is 0 Å². The van der Waals surface area contributed by atoms with Crippen molar-refractivity contribution in [2.45, 2.75) is 12.5 Å². The van der Waals surface area contributed by atoms with Crippen LogP contribution in [0.15, 0.2) is 47.5 Å². The summed E-state index contributed by atoms with van der Waals surface area (Å²) < 4.78 is 16.2. The summed E-state index contributed by atoms with van der Waals surface area (Å²) in [6.45, 7) is 0.751. The summed E-state index contributed by atoms with van der Waals surface area (Å²) in [7, 11) is 4.87.